The first-order valence-corrected chi connectivity index (χ1v) is 4.64. The Bertz CT molecular complexity index is 303. The van der Waals surface area contributed by atoms with Crippen LogP contribution >= 0.6 is 12.4 Å². The fourth-order valence-corrected chi connectivity index (χ4v) is 1.46. The molecule has 0 heterocycles. The minimum Gasteiger partial charge on any atom is -0.493 e. The minimum atomic E-state index is 0. The molecule has 0 radical (unpaired) electrons. The monoisotopic (exact) mass is 231 g/mol. The van der Waals surface area contributed by atoms with Crippen LogP contribution in [0.3, 0.4) is 0 Å². The van der Waals surface area contributed by atoms with Gasteiger partial charge in [-0.15, -0.1) is 12.4 Å². The Labute approximate surface area is 97.0 Å². The van der Waals surface area contributed by atoms with Crippen molar-refractivity contribution in [1.82, 2.24) is 0 Å². The van der Waals surface area contributed by atoms with Crippen LogP contribution in [-0.4, -0.2) is 20.3 Å². The van der Waals surface area contributed by atoms with E-state index in [0.717, 1.165) is 23.5 Å². The second kappa shape index (κ2) is 6.53. The van der Waals surface area contributed by atoms with Gasteiger partial charge in [0.2, 0.25) is 0 Å². The summed E-state index contributed by atoms with van der Waals surface area (Å²) in [7, 11) is 3.27. The minimum absolute atomic E-state index is 0. The molecule has 0 fully saturated rings. The maximum Gasteiger partial charge on any atom is 0.163 e. The summed E-state index contributed by atoms with van der Waals surface area (Å²) >= 11 is 0. The van der Waals surface area contributed by atoms with Gasteiger partial charge in [-0.05, 0) is 25.0 Å². The molecule has 0 aliphatic heterocycles. The largest absolute Gasteiger partial charge is 0.493 e. The van der Waals surface area contributed by atoms with E-state index in [1.807, 2.05) is 25.1 Å². The molecule has 86 valence electrons. The quantitative estimate of drug-likeness (QED) is 0.862. The lowest BCUT2D eigenvalue weighted by molar-refractivity contribution is 0.351. The third kappa shape index (κ3) is 3.61. The van der Waals surface area contributed by atoms with Gasteiger partial charge in [-0.25, -0.2) is 0 Å². The Morgan fingerprint density at radius 2 is 1.93 bits per heavy atom. The maximum absolute atomic E-state index is 5.74. The van der Waals surface area contributed by atoms with Gasteiger partial charge in [0.1, 0.15) is 0 Å². The molecule has 1 aromatic carbocycles. The molecule has 1 rings (SSSR count). The van der Waals surface area contributed by atoms with E-state index < -0.39 is 0 Å². The van der Waals surface area contributed by atoms with Gasteiger partial charge in [0.05, 0.1) is 14.2 Å². The number of para-hydroxylation sites is 1. The molecular weight excluding hydrogens is 214 g/mol. The molecule has 3 nitrogen and oxygen atoms in total. The van der Waals surface area contributed by atoms with Gasteiger partial charge < -0.3 is 15.2 Å². The molecule has 0 aliphatic rings. The Morgan fingerprint density at radius 3 is 2.40 bits per heavy atom. The van der Waals surface area contributed by atoms with E-state index in [-0.39, 0.29) is 18.4 Å². The van der Waals surface area contributed by atoms with E-state index >= 15 is 0 Å². The number of ether oxygens (including phenoxy) is 2. The molecule has 0 amide bonds. The van der Waals surface area contributed by atoms with Crippen molar-refractivity contribution < 1.29 is 9.47 Å². The molecule has 0 aliphatic carbocycles. The molecule has 1 atom stereocenters. The lowest BCUT2D eigenvalue weighted by Crippen LogP contribution is -2.18. The van der Waals surface area contributed by atoms with Crippen LogP contribution in [0.25, 0.3) is 0 Å². The van der Waals surface area contributed by atoms with Gasteiger partial charge in [-0.1, -0.05) is 12.1 Å². The molecular formula is C11H18ClNO2. The summed E-state index contributed by atoms with van der Waals surface area (Å²) in [5.74, 6) is 1.54. The predicted octanol–water partition coefficient (Wildman–Crippen LogP) is 2.02. The second-order valence-electron chi connectivity index (χ2n) is 3.33. The number of benzene rings is 1. The third-order valence-corrected chi connectivity index (χ3v) is 2.03. The number of methoxy groups -OCH3 is 2. The van der Waals surface area contributed by atoms with Gasteiger partial charge in [-0.2, -0.15) is 0 Å². The fourth-order valence-electron chi connectivity index (χ4n) is 1.46. The summed E-state index contributed by atoms with van der Waals surface area (Å²) in [6, 6.07) is 5.95. The molecule has 2 N–H and O–H groups in total. The molecule has 0 saturated heterocycles. The molecule has 4 heteroatoms. The lowest BCUT2D eigenvalue weighted by atomic mass is 10.1. The first-order valence-electron chi connectivity index (χ1n) is 4.64. The molecule has 0 bridgehead atoms. The van der Waals surface area contributed by atoms with Crippen LogP contribution in [0.1, 0.15) is 12.5 Å². The third-order valence-electron chi connectivity index (χ3n) is 2.03. The fraction of sp³-hybridized carbons (Fsp3) is 0.455. The van der Waals surface area contributed by atoms with Crippen LogP contribution in [-0.2, 0) is 6.42 Å². The van der Waals surface area contributed by atoms with Crippen LogP contribution in [0.5, 0.6) is 11.5 Å². The average Bonchev–Trinajstić information content (AvgIpc) is 2.16. The van der Waals surface area contributed by atoms with Gasteiger partial charge in [0.25, 0.3) is 0 Å². The smallest absolute Gasteiger partial charge is 0.163 e. The van der Waals surface area contributed by atoms with Gasteiger partial charge >= 0.3 is 0 Å². The van der Waals surface area contributed by atoms with Crippen molar-refractivity contribution in [3.8, 4) is 11.5 Å². The van der Waals surface area contributed by atoms with Gasteiger partial charge in [0.15, 0.2) is 11.5 Å². The summed E-state index contributed by atoms with van der Waals surface area (Å²) in [5.41, 5.74) is 6.83. The number of rotatable bonds is 4. The highest BCUT2D eigenvalue weighted by molar-refractivity contribution is 5.85. The highest BCUT2D eigenvalue weighted by Crippen LogP contribution is 2.31. The van der Waals surface area contributed by atoms with Crippen molar-refractivity contribution in [2.45, 2.75) is 19.4 Å². The zero-order chi connectivity index (χ0) is 10.6. The summed E-state index contributed by atoms with van der Waals surface area (Å²) in [5, 5.41) is 0. The van der Waals surface area contributed by atoms with Crippen molar-refractivity contribution in [3.63, 3.8) is 0 Å². The summed E-state index contributed by atoms with van der Waals surface area (Å²) in [6.07, 6.45) is 0.792. The topological polar surface area (TPSA) is 44.5 Å². The Balaban J connectivity index is 0.00000196. The van der Waals surface area contributed by atoms with Crippen molar-refractivity contribution in [2.24, 2.45) is 5.73 Å². The van der Waals surface area contributed by atoms with Crippen LogP contribution in [0, 0.1) is 0 Å². The predicted molar refractivity (Wildman–Crippen MR) is 64.1 cm³/mol. The van der Waals surface area contributed by atoms with E-state index in [2.05, 4.69) is 0 Å². The zero-order valence-electron chi connectivity index (χ0n) is 9.32. The first kappa shape index (κ1) is 14.1. The van der Waals surface area contributed by atoms with E-state index in [1.165, 1.54) is 0 Å². The van der Waals surface area contributed by atoms with Crippen molar-refractivity contribution in [3.05, 3.63) is 23.8 Å². The van der Waals surface area contributed by atoms with Crippen molar-refractivity contribution in [2.75, 3.05) is 14.2 Å². The van der Waals surface area contributed by atoms with Gasteiger partial charge in [-0.3, -0.25) is 0 Å². The number of hydrogen-bond donors (Lipinski definition) is 1. The second-order valence-corrected chi connectivity index (χ2v) is 3.33. The Morgan fingerprint density at radius 1 is 1.27 bits per heavy atom. The van der Waals surface area contributed by atoms with Crippen LogP contribution < -0.4 is 15.2 Å². The molecule has 1 unspecified atom stereocenters. The number of halogens is 1. The van der Waals surface area contributed by atoms with E-state index in [4.69, 9.17) is 15.2 Å². The number of nitrogens with two attached hydrogens (primary N) is 1. The highest BCUT2D eigenvalue weighted by Gasteiger charge is 2.10. The molecule has 0 aromatic heterocycles. The van der Waals surface area contributed by atoms with Crippen LogP contribution in [0.4, 0.5) is 0 Å². The van der Waals surface area contributed by atoms with E-state index in [9.17, 15) is 0 Å². The normalized spacial score (nSPS) is 11.5. The Hall–Kier alpha value is -0.930. The SMILES string of the molecule is COc1cccc(CC(C)N)c1OC.Cl. The highest BCUT2D eigenvalue weighted by atomic mass is 35.5. The zero-order valence-corrected chi connectivity index (χ0v) is 10.1. The van der Waals surface area contributed by atoms with Crippen LogP contribution in [0.15, 0.2) is 18.2 Å². The number of hydrogen-bond acceptors (Lipinski definition) is 3. The van der Waals surface area contributed by atoms with E-state index in [0.29, 0.717) is 0 Å². The van der Waals surface area contributed by atoms with E-state index in [1.54, 1.807) is 14.2 Å². The van der Waals surface area contributed by atoms with Crippen molar-refractivity contribution >= 4 is 12.4 Å². The first-order chi connectivity index (χ1) is 6.69. The molecule has 1 aromatic rings. The average molecular weight is 232 g/mol. The maximum atomic E-state index is 5.74. The summed E-state index contributed by atoms with van der Waals surface area (Å²) in [4.78, 5) is 0. The summed E-state index contributed by atoms with van der Waals surface area (Å²) < 4.78 is 10.5. The lowest BCUT2D eigenvalue weighted by Gasteiger charge is -2.13. The molecule has 0 spiro atoms. The summed E-state index contributed by atoms with van der Waals surface area (Å²) in [6.45, 7) is 1.97. The molecule has 0 saturated carbocycles. The van der Waals surface area contributed by atoms with Crippen molar-refractivity contribution in [1.29, 1.82) is 0 Å². The molecule has 15 heavy (non-hydrogen) atoms. The Kier molecular flexibility index (Phi) is 6.13. The van der Waals surface area contributed by atoms with Gasteiger partial charge in [0, 0.05) is 6.04 Å². The standard InChI is InChI=1S/C11H17NO2.ClH/c1-8(12)7-9-5-4-6-10(13-2)11(9)14-3;/h4-6,8H,7,12H2,1-3H3;1H. The van der Waals surface area contributed by atoms with Crippen LogP contribution in [0.2, 0.25) is 0 Å².